The Labute approximate surface area is 106 Å². The lowest BCUT2D eigenvalue weighted by atomic mass is 9.92. The lowest BCUT2D eigenvalue weighted by molar-refractivity contribution is 0.290. The summed E-state index contributed by atoms with van der Waals surface area (Å²) in [6.07, 6.45) is 4.92. The molecule has 0 saturated carbocycles. The Morgan fingerprint density at radius 3 is 2.78 bits per heavy atom. The van der Waals surface area contributed by atoms with Gasteiger partial charge in [-0.2, -0.15) is 0 Å². The van der Waals surface area contributed by atoms with Gasteiger partial charge in [-0.05, 0) is 48.9 Å². The molecule has 1 aliphatic carbocycles. The summed E-state index contributed by atoms with van der Waals surface area (Å²) in [7, 11) is 0. The van der Waals surface area contributed by atoms with E-state index in [-0.39, 0.29) is 0 Å². The summed E-state index contributed by atoms with van der Waals surface area (Å²) in [6.45, 7) is 0.388. The second-order valence-corrected chi connectivity index (χ2v) is 4.65. The summed E-state index contributed by atoms with van der Waals surface area (Å²) >= 11 is 0. The maximum absolute atomic E-state index is 5.69. The van der Waals surface area contributed by atoms with Crippen LogP contribution in [0.25, 0.3) is 0 Å². The molecule has 2 aromatic rings. The molecule has 0 atom stereocenters. The summed E-state index contributed by atoms with van der Waals surface area (Å²) in [5.74, 6) is 1.20. The Balaban J connectivity index is 1.69. The van der Waals surface area contributed by atoms with Gasteiger partial charge in [-0.3, -0.25) is 0 Å². The molecular weight excluding hydrogens is 228 g/mol. The molecule has 4 nitrogen and oxygen atoms in total. The number of aryl methyl sites for hydroxylation is 2. The minimum Gasteiger partial charge on any atom is -0.487 e. The van der Waals surface area contributed by atoms with Crippen LogP contribution in [-0.2, 0) is 19.4 Å². The Bertz CT molecular complexity index is 548. The normalized spacial score (nSPS) is 14.2. The summed E-state index contributed by atoms with van der Waals surface area (Å²) in [4.78, 5) is 0. The Kier molecular flexibility index (Phi) is 2.92. The summed E-state index contributed by atoms with van der Waals surface area (Å²) in [5, 5.41) is 3.79. The van der Waals surface area contributed by atoms with Crippen molar-refractivity contribution in [2.24, 2.45) is 0 Å². The summed E-state index contributed by atoms with van der Waals surface area (Å²) in [5.41, 5.74) is 9.04. The van der Waals surface area contributed by atoms with E-state index in [0.29, 0.717) is 18.2 Å². The quantitative estimate of drug-likeness (QED) is 0.901. The van der Waals surface area contributed by atoms with Crippen molar-refractivity contribution in [1.29, 1.82) is 0 Å². The van der Waals surface area contributed by atoms with Crippen LogP contribution in [0.4, 0.5) is 5.88 Å². The highest BCUT2D eigenvalue weighted by Gasteiger charge is 2.10. The summed E-state index contributed by atoms with van der Waals surface area (Å²) in [6, 6.07) is 8.00. The van der Waals surface area contributed by atoms with E-state index in [1.54, 1.807) is 6.07 Å². The molecule has 0 fully saturated rings. The number of nitrogens with two attached hydrogens (primary N) is 1. The van der Waals surface area contributed by atoms with E-state index in [1.165, 1.54) is 30.4 Å². The molecule has 0 bridgehead atoms. The van der Waals surface area contributed by atoms with E-state index in [0.717, 1.165) is 12.2 Å². The maximum Gasteiger partial charge on any atom is 0.222 e. The van der Waals surface area contributed by atoms with E-state index >= 15 is 0 Å². The fourth-order valence-corrected chi connectivity index (χ4v) is 2.35. The number of nitrogens with zero attached hydrogens (tertiary/aromatic N) is 1. The van der Waals surface area contributed by atoms with Gasteiger partial charge in [-0.15, -0.1) is 0 Å². The molecule has 1 heterocycles. The highest BCUT2D eigenvalue weighted by Crippen LogP contribution is 2.25. The Hall–Kier alpha value is -1.97. The number of ether oxygens (including phenoxy) is 1. The van der Waals surface area contributed by atoms with E-state index in [9.17, 15) is 0 Å². The van der Waals surface area contributed by atoms with Crippen molar-refractivity contribution in [1.82, 2.24) is 5.16 Å². The maximum atomic E-state index is 5.69. The molecule has 94 valence electrons. The molecule has 18 heavy (non-hydrogen) atoms. The van der Waals surface area contributed by atoms with E-state index < -0.39 is 0 Å². The highest BCUT2D eigenvalue weighted by atomic mass is 16.5. The first-order valence-corrected chi connectivity index (χ1v) is 6.27. The fraction of sp³-hybridized carbons (Fsp3) is 0.357. The van der Waals surface area contributed by atoms with E-state index in [2.05, 4.69) is 17.3 Å². The van der Waals surface area contributed by atoms with Crippen LogP contribution in [0.5, 0.6) is 5.75 Å². The molecule has 0 amide bonds. The zero-order valence-corrected chi connectivity index (χ0v) is 10.2. The van der Waals surface area contributed by atoms with Gasteiger partial charge in [-0.25, -0.2) is 0 Å². The first kappa shape index (κ1) is 11.1. The van der Waals surface area contributed by atoms with Gasteiger partial charge >= 0.3 is 0 Å². The van der Waals surface area contributed by atoms with Crippen LogP contribution >= 0.6 is 0 Å². The zero-order chi connectivity index (χ0) is 12.4. The van der Waals surface area contributed by atoms with E-state index in [4.69, 9.17) is 15.0 Å². The lowest BCUT2D eigenvalue weighted by Crippen LogP contribution is -2.03. The van der Waals surface area contributed by atoms with Gasteiger partial charge in [0, 0.05) is 6.07 Å². The first-order chi connectivity index (χ1) is 8.81. The van der Waals surface area contributed by atoms with Crippen LogP contribution < -0.4 is 10.5 Å². The Morgan fingerprint density at radius 2 is 2.00 bits per heavy atom. The predicted octanol–water partition coefficient (Wildman–Crippen LogP) is 2.71. The molecule has 0 unspecified atom stereocenters. The Morgan fingerprint density at radius 1 is 1.17 bits per heavy atom. The van der Waals surface area contributed by atoms with Gasteiger partial charge in [0.25, 0.3) is 0 Å². The van der Waals surface area contributed by atoms with Crippen molar-refractivity contribution in [2.75, 3.05) is 5.73 Å². The van der Waals surface area contributed by atoms with Crippen LogP contribution in [0.2, 0.25) is 0 Å². The molecule has 1 aliphatic rings. The fourth-order valence-electron chi connectivity index (χ4n) is 2.35. The standard InChI is InChI=1S/C14H16N2O2/c15-14-8-12(16-18-14)9-17-13-6-5-10-3-1-2-4-11(10)7-13/h5-8H,1-4,9,15H2. The molecular formula is C14H16N2O2. The van der Waals surface area contributed by atoms with E-state index in [1.807, 2.05) is 6.07 Å². The minimum atomic E-state index is 0.319. The lowest BCUT2D eigenvalue weighted by Gasteiger charge is -2.16. The molecule has 1 aromatic carbocycles. The van der Waals surface area contributed by atoms with Crippen molar-refractivity contribution in [3.8, 4) is 5.75 Å². The number of anilines is 1. The van der Waals surface area contributed by atoms with Gasteiger partial charge in [0.2, 0.25) is 5.88 Å². The average molecular weight is 244 g/mol. The monoisotopic (exact) mass is 244 g/mol. The zero-order valence-electron chi connectivity index (χ0n) is 10.2. The minimum absolute atomic E-state index is 0.319. The molecule has 1 aromatic heterocycles. The van der Waals surface area contributed by atoms with Crippen molar-refractivity contribution in [3.05, 3.63) is 41.1 Å². The second kappa shape index (κ2) is 4.72. The largest absolute Gasteiger partial charge is 0.487 e. The number of fused-ring (bicyclic) bond motifs is 1. The third kappa shape index (κ3) is 2.32. The number of benzene rings is 1. The predicted molar refractivity (Wildman–Crippen MR) is 68.3 cm³/mol. The number of aromatic nitrogens is 1. The molecule has 4 heteroatoms. The number of nitrogen functional groups attached to an aromatic ring is 1. The topological polar surface area (TPSA) is 61.3 Å². The summed E-state index contributed by atoms with van der Waals surface area (Å²) < 4.78 is 10.5. The third-order valence-corrected chi connectivity index (χ3v) is 3.28. The molecule has 0 radical (unpaired) electrons. The average Bonchev–Trinajstić information content (AvgIpc) is 2.82. The van der Waals surface area contributed by atoms with Crippen LogP contribution in [0, 0.1) is 0 Å². The second-order valence-electron chi connectivity index (χ2n) is 4.65. The number of hydrogen-bond acceptors (Lipinski definition) is 4. The van der Waals surface area contributed by atoms with Crippen LogP contribution in [0.1, 0.15) is 29.7 Å². The van der Waals surface area contributed by atoms with Gasteiger partial charge < -0.3 is 15.0 Å². The van der Waals surface area contributed by atoms with Crippen molar-refractivity contribution in [2.45, 2.75) is 32.3 Å². The number of rotatable bonds is 3. The van der Waals surface area contributed by atoms with Gasteiger partial charge in [0.15, 0.2) is 0 Å². The number of hydrogen-bond donors (Lipinski definition) is 1. The van der Waals surface area contributed by atoms with Crippen molar-refractivity contribution in [3.63, 3.8) is 0 Å². The van der Waals surface area contributed by atoms with Gasteiger partial charge in [0.05, 0.1) is 0 Å². The molecule has 0 spiro atoms. The molecule has 0 aliphatic heterocycles. The van der Waals surface area contributed by atoms with Gasteiger partial charge in [-0.1, -0.05) is 11.2 Å². The molecule has 0 saturated heterocycles. The van der Waals surface area contributed by atoms with Crippen molar-refractivity contribution < 1.29 is 9.26 Å². The third-order valence-electron chi connectivity index (χ3n) is 3.28. The highest BCUT2D eigenvalue weighted by molar-refractivity contribution is 5.37. The van der Waals surface area contributed by atoms with Crippen LogP contribution in [0.3, 0.4) is 0 Å². The SMILES string of the molecule is Nc1cc(COc2ccc3c(c2)CCCC3)no1. The van der Waals surface area contributed by atoms with Crippen molar-refractivity contribution >= 4 is 5.88 Å². The molecule has 3 rings (SSSR count). The smallest absolute Gasteiger partial charge is 0.222 e. The van der Waals surface area contributed by atoms with Crippen LogP contribution in [0.15, 0.2) is 28.8 Å². The molecule has 2 N–H and O–H groups in total. The van der Waals surface area contributed by atoms with Gasteiger partial charge in [0.1, 0.15) is 18.1 Å². The van der Waals surface area contributed by atoms with Crippen LogP contribution in [-0.4, -0.2) is 5.16 Å². The first-order valence-electron chi connectivity index (χ1n) is 6.27.